The van der Waals surface area contributed by atoms with Crippen LogP contribution in [0.15, 0.2) is 27.7 Å². The Hall–Kier alpha value is -0.500. The third-order valence-corrected chi connectivity index (χ3v) is 3.85. The van der Waals surface area contributed by atoms with E-state index >= 15 is 0 Å². The fourth-order valence-electron chi connectivity index (χ4n) is 1.57. The van der Waals surface area contributed by atoms with E-state index in [-0.39, 0.29) is 0 Å². The largest absolute Gasteiger partial charge is 0.258 e. The van der Waals surface area contributed by atoms with Crippen molar-refractivity contribution in [2.45, 2.75) is 44.8 Å². The van der Waals surface area contributed by atoms with Gasteiger partial charge in [0, 0.05) is 5.25 Å². The molecule has 0 aromatic carbocycles. The number of rotatable bonds is 4. The zero-order valence-electron chi connectivity index (χ0n) is 9.12. The van der Waals surface area contributed by atoms with Crippen LogP contribution in [0, 0.1) is 0 Å². The number of aliphatic imine (C=N–C) groups is 1. The van der Waals surface area contributed by atoms with Gasteiger partial charge in [0.05, 0.1) is 5.03 Å². The van der Waals surface area contributed by atoms with Crippen molar-refractivity contribution in [3.8, 4) is 0 Å². The number of hydrogen-bond donors (Lipinski definition) is 0. The molecule has 0 atom stereocenters. The molecular formula is C12H19NS. The highest BCUT2D eigenvalue weighted by Gasteiger charge is 2.16. The molecule has 0 heterocycles. The number of hydrogen-bond acceptors (Lipinski definition) is 2. The maximum Gasteiger partial charge on any atom is 0.0957 e. The van der Waals surface area contributed by atoms with Crippen molar-refractivity contribution < 1.29 is 0 Å². The molecule has 1 aliphatic rings. The molecule has 14 heavy (non-hydrogen) atoms. The average Bonchev–Trinajstić information content (AvgIpc) is 2.69. The van der Waals surface area contributed by atoms with Crippen molar-refractivity contribution in [1.82, 2.24) is 0 Å². The molecular weight excluding hydrogens is 190 g/mol. The molecule has 0 saturated heterocycles. The minimum absolute atomic E-state index is 0.774. The molecule has 0 aromatic rings. The van der Waals surface area contributed by atoms with Gasteiger partial charge >= 0.3 is 0 Å². The van der Waals surface area contributed by atoms with Crippen LogP contribution in [0.3, 0.4) is 0 Å². The Bertz CT molecular complexity index is 247. The summed E-state index contributed by atoms with van der Waals surface area (Å²) in [5.74, 6) is 0. The zero-order chi connectivity index (χ0) is 10.4. The maximum atomic E-state index is 4.07. The Morgan fingerprint density at radius 1 is 1.43 bits per heavy atom. The summed E-state index contributed by atoms with van der Waals surface area (Å²) in [4.78, 5) is 4.07. The highest BCUT2D eigenvalue weighted by atomic mass is 32.2. The Labute approximate surface area is 91.4 Å². The second kappa shape index (κ2) is 6.07. The van der Waals surface area contributed by atoms with Crippen LogP contribution < -0.4 is 0 Å². The monoisotopic (exact) mass is 209 g/mol. The first kappa shape index (κ1) is 11.6. The number of thioether (sulfide) groups is 1. The first-order valence-corrected chi connectivity index (χ1v) is 6.12. The van der Waals surface area contributed by atoms with Gasteiger partial charge in [-0.15, -0.1) is 11.8 Å². The van der Waals surface area contributed by atoms with E-state index in [9.17, 15) is 0 Å². The number of nitrogens with zero attached hydrogens (tertiary/aromatic N) is 1. The van der Waals surface area contributed by atoms with Gasteiger partial charge in [-0.05, 0) is 39.5 Å². The van der Waals surface area contributed by atoms with E-state index in [1.54, 1.807) is 0 Å². The predicted octanol–water partition coefficient (Wildman–Crippen LogP) is 4.17. The summed E-state index contributed by atoms with van der Waals surface area (Å²) in [5, 5.41) is 1.85. The lowest BCUT2D eigenvalue weighted by molar-refractivity contribution is 0.886. The Morgan fingerprint density at radius 3 is 2.57 bits per heavy atom. The fourth-order valence-corrected chi connectivity index (χ4v) is 2.81. The topological polar surface area (TPSA) is 12.4 Å². The van der Waals surface area contributed by atoms with Crippen molar-refractivity contribution in [2.75, 3.05) is 0 Å². The summed E-state index contributed by atoms with van der Waals surface area (Å²) in [5.41, 5.74) is 1.26. The number of allylic oxidation sites excluding steroid dienone is 3. The lowest BCUT2D eigenvalue weighted by Crippen LogP contribution is -1.93. The first-order valence-electron chi connectivity index (χ1n) is 5.24. The third-order valence-electron chi connectivity index (χ3n) is 2.55. The van der Waals surface area contributed by atoms with Crippen LogP contribution in [0.25, 0.3) is 0 Å². The van der Waals surface area contributed by atoms with Crippen molar-refractivity contribution >= 4 is 18.5 Å². The lowest BCUT2D eigenvalue weighted by atomic mass is 10.3. The summed E-state index contributed by atoms with van der Waals surface area (Å²) >= 11 is 1.89. The summed E-state index contributed by atoms with van der Waals surface area (Å²) in [6.07, 6.45) is 9.66. The van der Waals surface area contributed by atoms with E-state index in [2.05, 4.69) is 30.8 Å². The summed E-state index contributed by atoms with van der Waals surface area (Å²) in [6.45, 7) is 7.77. The molecule has 1 saturated carbocycles. The molecule has 1 nitrogen and oxygen atoms in total. The van der Waals surface area contributed by atoms with Gasteiger partial charge in [0.1, 0.15) is 0 Å². The van der Waals surface area contributed by atoms with Crippen molar-refractivity contribution in [3.05, 3.63) is 22.8 Å². The fraction of sp³-hybridized carbons (Fsp3) is 0.583. The maximum absolute atomic E-state index is 4.07. The van der Waals surface area contributed by atoms with Gasteiger partial charge in [-0.2, -0.15) is 0 Å². The molecule has 0 bridgehead atoms. The standard InChI is InChI=1S/C12H19NS/c1-4-10(2)9-12(13-3)14-11-7-5-6-8-11/h4,9,11H,3,5-8H2,1-2H3/b10-4-,12-9+. The molecule has 0 amide bonds. The summed E-state index contributed by atoms with van der Waals surface area (Å²) in [7, 11) is 0. The predicted molar refractivity (Wildman–Crippen MR) is 66.9 cm³/mol. The van der Waals surface area contributed by atoms with Crippen LogP contribution in [0.5, 0.6) is 0 Å². The quantitative estimate of drug-likeness (QED) is 0.500. The second-order valence-corrected chi connectivity index (χ2v) is 5.02. The van der Waals surface area contributed by atoms with E-state index in [4.69, 9.17) is 0 Å². The minimum Gasteiger partial charge on any atom is -0.258 e. The van der Waals surface area contributed by atoms with Gasteiger partial charge in [-0.1, -0.05) is 24.5 Å². The normalized spacial score (nSPS) is 20.1. The molecule has 0 spiro atoms. The molecule has 1 aliphatic carbocycles. The first-order chi connectivity index (χ1) is 6.76. The molecule has 0 aromatic heterocycles. The zero-order valence-corrected chi connectivity index (χ0v) is 9.94. The highest BCUT2D eigenvalue weighted by Crippen LogP contribution is 2.34. The molecule has 0 radical (unpaired) electrons. The SMILES string of the molecule is C=N/C(=C\C(C)=C/C)SC1CCCC1. The molecule has 2 heteroatoms. The van der Waals surface area contributed by atoms with Crippen LogP contribution in [0.4, 0.5) is 0 Å². The van der Waals surface area contributed by atoms with Crippen LogP contribution in [-0.4, -0.2) is 12.0 Å². The van der Waals surface area contributed by atoms with Gasteiger partial charge < -0.3 is 0 Å². The molecule has 1 fully saturated rings. The summed E-state index contributed by atoms with van der Waals surface area (Å²) in [6, 6.07) is 0. The van der Waals surface area contributed by atoms with Gasteiger partial charge in [0.2, 0.25) is 0 Å². The van der Waals surface area contributed by atoms with E-state index in [0.29, 0.717) is 0 Å². The Kier molecular flexibility index (Phi) is 5.02. The van der Waals surface area contributed by atoms with Crippen molar-refractivity contribution in [3.63, 3.8) is 0 Å². The van der Waals surface area contributed by atoms with Crippen molar-refractivity contribution in [1.29, 1.82) is 0 Å². The van der Waals surface area contributed by atoms with Crippen LogP contribution in [0.2, 0.25) is 0 Å². The van der Waals surface area contributed by atoms with Gasteiger partial charge in [-0.25, -0.2) is 0 Å². The Balaban J connectivity index is 2.53. The van der Waals surface area contributed by atoms with E-state index in [0.717, 1.165) is 10.3 Å². The lowest BCUT2D eigenvalue weighted by Gasteiger charge is -2.08. The second-order valence-electron chi connectivity index (χ2n) is 3.70. The Morgan fingerprint density at radius 2 is 2.07 bits per heavy atom. The smallest absolute Gasteiger partial charge is 0.0957 e. The van der Waals surface area contributed by atoms with Gasteiger partial charge in [0.15, 0.2) is 0 Å². The molecule has 0 N–H and O–H groups in total. The van der Waals surface area contributed by atoms with Gasteiger partial charge in [0.25, 0.3) is 0 Å². The minimum atomic E-state index is 0.774. The third kappa shape index (κ3) is 3.70. The van der Waals surface area contributed by atoms with Crippen LogP contribution >= 0.6 is 11.8 Å². The average molecular weight is 209 g/mol. The summed E-state index contributed by atoms with van der Waals surface area (Å²) < 4.78 is 0. The van der Waals surface area contributed by atoms with E-state index < -0.39 is 0 Å². The molecule has 0 unspecified atom stereocenters. The van der Waals surface area contributed by atoms with Crippen molar-refractivity contribution in [2.24, 2.45) is 4.99 Å². The molecule has 1 rings (SSSR count). The molecule has 78 valence electrons. The van der Waals surface area contributed by atoms with Crippen LogP contribution in [0.1, 0.15) is 39.5 Å². The van der Waals surface area contributed by atoms with Gasteiger partial charge in [-0.3, -0.25) is 4.99 Å². The van der Waals surface area contributed by atoms with Crippen LogP contribution in [-0.2, 0) is 0 Å². The van der Waals surface area contributed by atoms with E-state index in [1.165, 1.54) is 31.3 Å². The highest BCUT2D eigenvalue weighted by molar-refractivity contribution is 8.03. The van der Waals surface area contributed by atoms with E-state index in [1.807, 2.05) is 18.7 Å². The molecule has 0 aliphatic heterocycles.